The molecule has 0 radical (unpaired) electrons. The fourth-order valence-electron chi connectivity index (χ4n) is 3.24. The van der Waals surface area contributed by atoms with Crippen LogP contribution in [0.1, 0.15) is 36.2 Å². The Labute approximate surface area is 158 Å². The summed E-state index contributed by atoms with van der Waals surface area (Å²) >= 11 is 0. The van der Waals surface area contributed by atoms with Crippen LogP contribution in [0, 0.1) is 0 Å². The number of hydrogen-bond donors (Lipinski definition) is 2. The van der Waals surface area contributed by atoms with Gasteiger partial charge in [0.05, 0.1) is 0 Å². The molecule has 0 spiro atoms. The van der Waals surface area contributed by atoms with E-state index in [1.165, 1.54) is 0 Å². The van der Waals surface area contributed by atoms with Crippen molar-refractivity contribution < 1.29 is 14.4 Å². The summed E-state index contributed by atoms with van der Waals surface area (Å²) < 4.78 is 0. The van der Waals surface area contributed by atoms with Gasteiger partial charge in [0, 0.05) is 42.9 Å². The number of carbonyl (C=O) groups excluding carboxylic acids is 3. The van der Waals surface area contributed by atoms with Crippen LogP contribution in [0.25, 0.3) is 0 Å². The van der Waals surface area contributed by atoms with Gasteiger partial charge in [-0.1, -0.05) is 18.2 Å². The summed E-state index contributed by atoms with van der Waals surface area (Å²) in [7, 11) is 0. The minimum Gasteiger partial charge on any atom is -0.349 e. The van der Waals surface area contributed by atoms with Gasteiger partial charge in [-0.15, -0.1) is 0 Å². The van der Waals surface area contributed by atoms with Gasteiger partial charge in [0.25, 0.3) is 5.91 Å². The molecule has 0 bridgehead atoms. The van der Waals surface area contributed by atoms with E-state index in [4.69, 9.17) is 0 Å². The van der Waals surface area contributed by atoms with Gasteiger partial charge in [0.15, 0.2) is 0 Å². The van der Waals surface area contributed by atoms with Crippen molar-refractivity contribution in [2.45, 2.75) is 32.7 Å². The third-order valence-corrected chi connectivity index (χ3v) is 4.54. The van der Waals surface area contributed by atoms with Crippen molar-refractivity contribution >= 4 is 29.1 Å². The highest BCUT2D eigenvalue weighted by atomic mass is 16.2. The third-order valence-electron chi connectivity index (χ3n) is 4.54. The van der Waals surface area contributed by atoms with Crippen LogP contribution in [0.4, 0.5) is 11.4 Å². The molecule has 3 amide bonds. The fraction of sp³-hybridized carbons (Fsp3) is 0.286. The van der Waals surface area contributed by atoms with Crippen molar-refractivity contribution in [3.8, 4) is 0 Å². The highest BCUT2D eigenvalue weighted by Gasteiger charge is 2.22. The predicted octanol–water partition coefficient (Wildman–Crippen LogP) is 2.74. The average molecular weight is 365 g/mol. The van der Waals surface area contributed by atoms with Crippen molar-refractivity contribution in [3.05, 3.63) is 59.7 Å². The second kappa shape index (κ2) is 8.03. The number of nitrogens with zero attached hydrogens (tertiary/aromatic N) is 1. The van der Waals surface area contributed by atoms with Crippen LogP contribution in [-0.4, -0.2) is 30.3 Å². The maximum absolute atomic E-state index is 12.3. The van der Waals surface area contributed by atoms with Crippen molar-refractivity contribution in [1.82, 2.24) is 5.32 Å². The van der Waals surface area contributed by atoms with E-state index in [1.54, 1.807) is 49.1 Å². The van der Waals surface area contributed by atoms with Crippen LogP contribution >= 0.6 is 0 Å². The van der Waals surface area contributed by atoms with E-state index in [9.17, 15) is 14.4 Å². The Hall–Kier alpha value is -3.15. The number of fused-ring (bicyclic) bond motifs is 1. The molecule has 6 heteroatoms. The van der Waals surface area contributed by atoms with Gasteiger partial charge in [0.2, 0.25) is 11.8 Å². The molecule has 27 heavy (non-hydrogen) atoms. The Morgan fingerprint density at radius 3 is 2.56 bits per heavy atom. The monoisotopic (exact) mass is 365 g/mol. The van der Waals surface area contributed by atoms with Gasteiger partial charge in [-0.25, -0.2) is 0 Å². The summed E-state index contributed by atoms with van der Waals surface area (Å²) in [6.45, 7) is 4.02. The molecule has 2 aromatic carbocycles. The SMILES string of the molecule is CC(=O)N1CCc2cc(NC(=O)C[C@H](C)NC(=O)c3ccccc3)ccc21. The summed E-state index contributed by atoms with van der Waals surface area (Å²) in [6.07, 6.45) is 0.956. The molecule has 0 fully saturated rings. The molecular weight excluding hydrogens is 342 g/mol. The zero-order chi connectivity index (χ0) is 19.4. The molecule has 1 heterocycles. The second-order valence-corrected chi connectivity index (χ2v) is 6.76. The molecule has 2 aromatic rings. The molecule has 0 aliphatic carbocycles. The van der Waals surface area contributed by atoms with Crippen LogP contribution in [0.5, 0.6) is 0 Å². The Bertz CT molecular complexity index is 864. The Morgan fingerprint density at radius 2 is 1.85 bits per heavy atom. The van der Waals surface area contributed by atoms with Gasteiger partial charge >= 0.3 is 0 Å². The normalized spacial score (nSPS) is 13.6. The van der Waals surface area contributed by atoms with E-state index in [1.807, 2.05) is 18.2 Å². The quantitative estimate of drug-likeness (QED) is 0.855. The first-order valence-electron chi connectivity index (χ1n) is 9.01. The highest BCUT2D eigenvalue weighted by molar-refractivity contribution is 5.97. The van der Waals surface area contributed by atoms with Crippen LogP contribution < -0.4 is 15.5 Å². The second-order valence-electron chi connectivity index (χ2n) is 6.76. The van der Waals surface area contributed by atoms with Crippen molar-refractivity contribution in [2.24, 2.45) is 0 Å². The molecule has 0 saturated heterocycles. The summed E-state index contributed by atoms with van der Waals surface area (Å²) in [5.41, 5.74) is 3.22. The Morgan fingerprint density at radius 1 is 1.11 bits per heavy atom. The minimum absolute atomic E-state index is 0.0218. The summed E-state index contributed by atoms with van der Waals surface area (Å²) in [6, 6.07) is 14.2. The number of hydrogen-bond acceptors (Lipinski definition) is 3. The first kappa shape index (κ1) is 18.6. The molecule has 1 atom stereocenters. The van der Waals surface area contributed by atoms with E-state index in [0.29, 0.717) is 17.8 Å². The van der Waals surface area contributed by atoms with Crippen molar-refractivity contribution in [3.63, 3.8) is 0 Å². The zero-order valence-corrected chi connectivity index (χ0v) is 15.5. The number of carbonyl (C=O) groups is 3. The van der Waals surface area contributed by atoms with Gasteiger partial charge in [-0.2, -0.15) is 0 Å². The van der Waals surface area contributed by atoms with Gasteiger partial charge < -0.3 is 15.5 Å². The largest absolute Gasteiger partial charge is 0.349 e. The smallest absolute Gasteiger partial charge is 0.251 e. The summed E-state index contributed by atoms with van der Waals surface area (Å²) in [5.74, 6) is -0.344. The third kappa shape index (κ3) is 4.53. The predicted molar refractivity (Wildman–Crippen MR) is 105 cm³/mol. The molecule has 1 aliphatic rings. The number of rotatable bonds is 5. The highest BCUT2D eigenvalue weighted by Crippen LogP contribution is 2.30. The standard InChI is InChI=1S/C21H23N3O3/c1-14(22-21(27)16-6-4-3-5-7-16)12-20(26)23-18-8-9-19-17(13-18)10-11-24(19)15(2)25/h3-9,13-14H,10-12H2,1-2H3,(H,22,27)(H,23,26)/t14-/m0/s1. The molecule has 3 rings (SSSR count). The maximum atomic E-state index is 12.3. The number of nitrogens with one attached hydrogen (secondary N) is 2. The Kier molecular flexibility index (Phi) is 5.54. The lowest BCUT2D eigenvalue weighted by Crippen LogP contribution is -2.35. The van der Waals surface area contributed by atoms with Crippen molar-refractivity contribution in [1.29, 1.82) is 0 Å². The molecule has 2 N–H and O–H groups in total. The fourth-order valence-corrected chi connectivity index (χ4v) is 3.24. The first-order valence-corrected chi connectivity index (χ1v) is 9.01. The molecule has 0 aromatic heterocycles. The maximum Gasteiger partial charge on any atom is 0.251 e. The van der Waals surface area contributed by atoms with E-state index in [2.05, 4.69) is 10.6 Å². The van der Waals surface area contributed by atoms with E-state index >= 15 is 0 Å². The average Bonchev–Trinajstić information content (AvgIpc) is 3.05. The molecule has 0 saturated carbocycles. The van der Waals surface area contributed by atoms with Gasteiger partial charge in [0.1, 0.15) is 0 Å². The number of benzene rings is 2. The van der Waals surface area contributed by atoms with E-state index < -0.39 is 0 Å². The lowest BCUT2D eigenvalue weighted by Gasteiger charge is -2.16. The van der Waals surface area contributed by atoms with E-state index in [0.717, 1.165) is 17.7 Å². The first-order chi connectivity index (χ1) is 12.9. The van der Waals surface area contributed by atoms with Crippen LogP contribution in [-0.2, 0) is 16.0 Å². The molecule has 6 nitrogen and oxygen atoms in total. The number of anilines is 2. The van der Waals surface area contributed by atoms with E-state index in [-0.39, 0.29) is 30.2 Å². The summed E-state index contributed by atoms with van der Waals surface area (Å²) in [4.78, 5) is 37.8. The van der Waals surface area contributed by atoms with Gasteiger partial charge in [-0.05, 0) is 49.2 Å². The molecule has 0 unspecified atom stereocenters. The Balaban J connectivity index is 1.55. The molecule has 140 valence electrons. The van der Waals surface area contributed by atoms with Crippen LogP contribution in [0.2, 0.25) is 0 Å². The minimum atomic E-state index is -0.291. The zero-order valence-electron chi connectivity index (χ0n) is 15.5. The van der Waals surface area contributed by atoms with Crippen LogP contribution in [0.15, 0.2) is 48.5 Å². The summed E-state index contributed by atoms with van der Waals surface area (Å²) in [5, 5.41) is 5.69. The number of amides is 3. The van der Waals surface area contributed by atoms with Gasteiger partial charge in [-0.3, -0.25) is 14.4 Å². The lowest BCUT2D eigenvalue weighted by atomic mass is 10.1. The lowest BCUT2D eigenvalue weighted by molar-refractivity contribution is -0.117. The molecule has 1 aliphatic heterocycles. The van der Waals surface area contributed by atoms with Crippen LogP contribution in [0.3, 0.4) is 0 Å². The molecular formula is C21H23N3O3. The topological polar surface area (TPSA) is 78.5 Å². The van der Waals surface area contributed by atoms with Crippen molar-refractivity contribution in [2.75, 3.05) is 16.8 Å².